The number of aliphatic hydroxyl groups is 7. The van der Waals surface area contributed by atoms with Crippen molar-refractivity contribution in [2.75, 3.05) is 13.2 Å². The van der Waals surface area contributed by atoms with Crippen molar-refractivity contribution < 1.29 is 50.0 Å². The number of amides is 1. The van der Waals surface area contributed by atoms with Gasteiger partial charge in [-0.3, -0.25) is 4.79 Å². The van der Waals surface area contributed by atoms with Gasteiger partial charge in [-0.1, -0.05) is 360 Å². The molecular weight excluding hydrogens is 1060 g/mol. The summed E-state index contributed by atoms with van der Waals surface area (Å²) in [6.07, 6.45) is 67.3. The zero-order valence-corrected chi connectivity index (χ0v) is 56.1. The Morgan fingerprint density at radius 2 is 0.682 bits per heavy atom. The molecule has 1 amide bonds. The van der Waals surface area contributed by atoms with Crippen LogP contribution < -0.4 is 5.32 Å². The summed E-state index contributed by atoms with van der Waals surface area (Å²) in [5.74, 6) is -0.688. The van der Waals surface area contributed by atoms with Gasteiger partial charge >= 0.3 is 0 Å². The second kappa shape index (κ2) is 63.0. The summed E-state index contributed by atoms with van der Waals surface area (Å²) >= 11 is 0. The van der Waals surface area contributed by atoms with Crippen LogP contribution >= 0.6 is 0 Å². The Labute approximate surface area is 525 Å². The monoisotopic (exact) mass is 1210 g/mol. The molecule has 1 aliphatic rings. The normalized spacial score (nSPS) is 18.8. The molecular formula is C74H145NO10. The van der Waals surface area contributed by atoms with E-state index in [2.05, 4.69) is 31.3 Å². The fourth-order valence-corrected chi connectivity index (χ4v) is 12.6. The van der Waals surface area contributed by atoms with Crippen molar-refractivity contribution in [2.45, 2.75) is 441 Å². The minimum Gasteiger partial charge on any atom is -0.394 e. The number of allylic oxidation sites excluding steroid dienone is 2. The molecule has 0 aromatic rings. The lowest BCUT2D eigenvalue weighted by Crippen LogP contribution is -2.60. The molecule has 8 N–H and O–H groups in total. The van der Waals surface area contributed by atoms with Crippen LogP contribution in [0.4, 0.5) is 0 Å². The molecule has 1 heterocycles. The summed E-state index contributed by atoms with van der Waals surface area (Å²) in [6, 6.07) is -1.17. The summed E-state index contributed by atoms with van der Waals surface area (Å²) in [5, 5.41) is 76.7. The first-order valence-corrected chi connectivity index (χ1v) is 37.6. The highest BCUT2D eigenvalue weighted by molar-refractivity contribution is 5.80. The highest BCUT2D eigenvalue weighted by atomic mass is 16.7. The molecule has 85 heavy (non-hydrogen) atoms. The van der Waals surface area contributed by atoms with Gasteiger partial charge < -0.3 is 50.5 Å². The smallest absolute Gasteiger partial charge is 0.249 e. The summed E-state index contributed by atoms with van der Waals surface area (Å²) < 4.78 is 11.2. The van der Waals surface area contributed by atoms with Gasteiger partial charge in [0.1, 0.15) is 36.6 Å². The average molecular weight is 1210 g/mol. The molecule has 1 saturated heterocycles. The Morgan fingerprint density at radius 3 is 0.988 bits per heavy atom. The number of hydrogen-bond acceptors (Lipinski definition) is 10. The zero-order chi connectivity index (χ0) is 61.7. The number of nitrogens with one attached hydrogen (secondary N) is 1. The molecule has 1 rings (SSSR count). The molecule has 0 aromatic carbocycles. The molecule has 11 nitrogen and oxygen atoms in total. The van der Waals surface area contributed by atoms with Gasteiger partial charge in [-0.2, -0.15) is 0 Å². The van der Waals surface area contributed by atoms with E-state index >= 15 is 0 Å². The second-order valence-corrected chi connectivity index (χ2v) is 26.7. The Morgan fingerprint density at radius 1 is 0.400 bits per heavy atom. The average Bonchev–Trinajstić information content (AvgIpc) is 3.67. The quantitative estimate of drug-likeness (QED) is 0.0215. The molecule has 9 unspecified atom stereocenters. The van der Waals surface area contributed by atoms with Crippen molar-refractivity contribution in [1.82, 2.24) is 5.32 Å². The lowest BCUT2D eigenvalue weighted by Gasteiger charge is -2.40. The Bertz CT molecular complexity index is 1390. The van der Waals surface area contributed by atoms with Crippen molar-refractivity contribution in [3.63, 3.8) is 0 Å². The van der Waals surface area contributed by atoms with Crippen molar-refractivity contribution in [2.24, 2.45) is 0 Å². The van der Waals surface area contributed by atoms with Gasteiger partial charge in [-0.05, 0) is 38.5 Å². The first-order chi connectivity index (χ1) is 41.7. The highest BCUT2D eigenvalue weighted by Gasteiger charge is 2.44. The van der Waals surface area contributed by atoms with E-state index in [1.807, 2.05) is 0 Å². The van der Waals surface area contributed by atoms with Crippen LogP contribution in [0.25, 0.3) is 0 Å². The molecule has 11 heteroatoms. The van der Waals surface area contributed by atoms with Crippen LogP contribution in [0.5, 0.6) is 0 Å². The predicted octanol–water partition coefficient (Wildman–Crippen LogP) is 18.6. The van der Waals surface area contributed by atoms with Gasteiger partial charge in [-0.25, -0.2) is 0 Å². The fourth-order valence-electron chi connectivity index (χ4n) is 12.6. The molecule has 1 fully saturated rings. The Kier molecular flexibility index (Phi) is 60.7. The summed E-state index contributed by atoms with van der Waals surface area (Å²) in [4.78, 5) is 13.3. The third-order valence-electron chi connectivity index (χ3n) is 18.6. The maximum Gasteiger partial charge on any atom is 0.249 e. The molecule has 0 saturated carbocycles. The zero-order valence-electron chi connectivity index (χ0n) is 56.1. The number of unbranched alkanes of at least 4 members (excludes halogenated alkanes) is 53. The SMILES string of the molecule is CCCCCCCCCCCCCC/C=C\CCCCCCCCCCCCCCCC(O)C(=O)NC(COC1OC(CO)C(O)C(O)C1O)C(O)C(O)CCCCCCCCCCCCCCCCCCCCCCCCCCCCCCC. The van der Waals surface area contributed by atoms with Gasteiger partial charge in [0.05, 0.1) is 25.4 Å². The fraction of sp³-hybridized carbons (Fsp3) is 0.959. The first-order valence-electron chi connectivity index (χ1n) is 37.6. The number of hydrogen-bond donors (Lipinski definition) is 8. The lowest BCUT2D eigenvalue weighted by molar-refractivity contribution is -0.303. The van der Waals surface area contributed by atoms with Crippen LogP contribution in [0.15, 0.2) is 12.2 Å². The predicted molar refractivity (Wildman–Crippen MR) is 358 cm³/mol. The minimum atomic E-state index is -1.66. The van der Waals surface area contributed by atoms with Crippen LogP contribution in [0.3, 0.4) is 0 Å². The summed E-state index contributed by atoms with van der Waals surface area (Å²) in [7, 11) is 0. The van der Waals surface area contributed by atoms with E-state index < -0.39 is 74.2 Å². The molecule has 0 aromatic heterocycles. The first kappa shape index (κ1) is 81.9. The van der Waals surface area contributed by atoms with Crippen molar-refractivity contribution >= 4 is 5.91 Å². The van der Waals surface area contributed by atoms with Gasteiger partial charge in [0.15, 0.2) is 6.29 Å². The Hall–Kier alpha value is -1.15. The van der Waals surface area contributed by atoms with Crippen LogP contribution in [-0.4, -0.2) is 110 Å². The van der Waals surface area contributed by atoms with E-state index in [0.29, 0.717) is 19.3 Å². The molecule has 0 radical (unpaired) electrons. The number of aliphatic hydroxyl groups excluding tert-OH is 7. The minimum absolute atomic E-state index is 0.264. The van der Waals surface area contributed by atoms with Gasteiger partial charge in [0, 0.05) is 0 Å². The molecule has 1 aliphatic heterocycles. The maximum atomic E-state index is 13.3. The van der Waals surface area contributed by atoms with Crippen molar-refractivity contribution in [1.29, 1.82) is 0 Å². The largest absolute Gasteiger partial charge is 0.394 e. The van der Waals surface area contributed by atoms with E-state index in [1.165, 1.54) is 308 Å². The molecule has 0 bridgehead atoms. The van der Waals surface area contributed by atoms with E-state index in [4.69, 9.17) is 9.47 Å². The van der Waals surface area contributed by atoms with Crippen LogP contribution in [0, 0.1) is 0 Å². The van der Waals surface area contributed by atoms with E-state index in [9.17, 15) is 40.5 Å². The van der Waals surface area contributed by atoms with Gasteiger partial charge in [0.25, 0.3) is 0 Å². The summed E-state index contributed by atoms with van der Waals surface area (Å²) in [6.45, 7) is 3.53. The molecule has 0 spiro atoms. The van der Waals surface area contributed by atoms with Crippen molar-refractivity contribution in [3.8, 4) is 0 Å². The standard InChI is InChI=1S/C74H145NO10/c1-3-5-7-9-11-13-15-17-19-21-23-25-27-29-31-33-35-37-39-41-43-45-47-49-51-53-55-57-59-61-66(77)69(79)65(64-84-74-72(82)71(81)70(80)68(63-76)85-74)75-73(83)67(78)62-60-58-56-54-52-50-48-46-44-42-40-38-36-34-32-30-28-26-24-22-20-18-16-14-12-10-8-6-4-2/h30,32,65-72,74,76-82H,3-29,31,33-64H2,1-2H3,(H,75,83)/b32-30-. The van der Waals surface area contributed by atoms with Crippen molar-refractivity contribution in [3.05, 3.63) is 12.2 Å². The number of carbonyl (C=O) groups excluding carboxylic acids is 1. The highest BCUT2D eigenvalue weighted by Crippen LogP contribution is 2.24. The van der Waals surface area contributed by atoms with Gasteiger partial charge in [-0.15, -0.1) is 0 Å². The van der Waals surface area contributed by atoms with E-state index in [-0.39, 0.29) is 6.42 Å². The Balaban J connectivity index is 2.16. The molecule has 9 atom stereocenters. The number of ether oxygens (including phenoxy) is 2. The lowest BCUT2D eigenvalue weighted by atomic mass is 9.98. The maximum absolute atomic E-state index is 13.3. The van der Waals surface area contributed by atoms with E-state index in [1.54, 1.807) is 0 Å². The number of carbonyl (C=O) groups is 1. The van der Waals surface area contributed by atoms with Gasteiger partial charge in [0.2, 0.25) is 5.91 Å². The molecule has 506 valence electrons. The van der Waals surface area contributed by atoms with Crippen LogP contribution in [-0.2, 0) is 14.3 Å². The molecule has 0 aliphatic carbocycles. The summed E-state index contributed by atoms with van der Waals surface area (Å²) in [5.41, 5.74) is 0. The van der Waals surface area contributed by atoms with Crippen LogP contribution in [0.2, 0.25) is 0 Å². The van der Waals surface area contributed by atoms with E-state index in [0.717, 1.165) is 38.5 Å². The van der Waals surface area contributed by atoms with Crippen LogP contribution in [0.1, 0.15) is 386 Å². The second-order valence-electron chi connectivity index (χ2n) is 26.7. The third-order valence-corrected chi connectivity index (χ3v) is 18.6. The topological polar surface area (TPSA) is 189 Å². The third kappa shape index (κ3) is 50.2. The number of rotatable bonds is 67.